The molecule has 9 atom stereocenters. The van der Waals surface area contributed by atoms with Gasteiger partial charge in [0.05, 0.1) is 12.2 Å². The van der Waals surface area contributed by atoms with Gasteiger partial charge in [0.25, 0.3) is 0 Å². The number of aliphatic hydroxyl groups is 1. The van der Waals surface area contributed by atoms with Gasteiger partial charge in [0.15, 0.2) is 0 Å². The van der Waals surface area contributed by atoms with Crippen molar-refractivity contribution in [3.8, 4) is 0 Å². The zero-order valence-corrected chi connectivity index (χ0v) is 25.1. The van der Waals surface area contributed by atoms with Crippen LogP contribution in [0.25, 0.3) is 0 Å². The second-order valence-corrected chi connectivity index (χ2v) is 15.5. The van der Waals surface area contributed by atoms with Gasteiger partial charge in [-0.25, -0.2) is 4.79 Å². The van der Waals surface area contributed by atoms with Gasteiger partial charge in [-0.2, -0.15) is 0 Å². The molecule has 0 saturated heterocycles. The molecule has 0 heterocycles. The summed E-state index contributed by atoms with van der Waals surface area (Å²) in [5.74, 6) is 0.311. The molecule has 0 unspecified atom stereocenters. The van der Waals surface area contributed by atoms with E-state index in [1.807, 2.05) is 0 Å². The van der Waals surface area contributed by atoms with Gasteiger partial charge in [-0.05, 0) is 117 Å². The number of Topliss-reactive ketones (excluding diaryl/α,β-unsaturated/α-hetero) is 1. The molecule has 38 heavy (non-hydrogen) atoms. The summed E-state index contributed by atoms with van der Waals surface area (Å²) < 4.78 is 5.34. The minimum absolute atomic E-state index is 0.103. The third-order valence-corrected chi connectivity index (χ3v) is 13.6. The second-order valence-electron chi connectivity index (χ2n) is 15.5. The predicted octanol–water partition coefficient (Wildman–Crippen LogP) is 6.22. The SMILES string of the molecule is CC(C)OC(=O)C(=O)[C@H]1CC[C@]2(C)[C@H](CC[C@]3(C)[C@@H]2CC[C@@H]2C4=CCC[C@@]4([C@H](O)CN)CC[C@]23C)C1(C)C. The summed E-state index contributed by atoms with van der Waals surface area (Å²) in [5, 5.41) is 11.1. The highest BCUT2D eigenvalue weighted by molar-refractivity contribution is 6.34. The lowest BCUT2D eigenvalue weighted by Crippen LogP contribution is -2.66. The highest BCUT2D eigenvalue weighted by Gasteiger charge is 2.69. The lowest BCUT2D eigenvalue weighted by Gasteiger charge is -2.72. The molecule has 0 radical (unpaired) electrons. The van der Waals surface area contributed by atoms with Crippen molar-refractivity contribution < 1.29 is 19.4 Å². The predicted molar refractivity (Wildman–Crippen MR) is 150 cm³/mol. The molecule has 0 bridgehead atoms. The van der Waals surface area contributed by atoms with Gasteiger partial charge in [0.2, 0.25) is 5.78 Å². The molecule has 4 saturated carbocycles. The van der Waals surface area contributed by atoms with Crippen LogP contribution in [0, 0.1) is 50.7 Å². The van der Waals surface area contributed by atoms with Gasteiger partial charge in [-0.3, -0.25) is 4.79 Å². The number of aliphatic hydroxyl groups excluding tert-OH is 1. The van der Waals surface area contributed by atoms with Gasteiger partial charge in [-0.15, -0.1) is 0 Å². The number of ketones is 1. The summed E-state index contributed by atoms with van der Waals surface area (Å²) >= 11 is 0. The maximum absolute atomic E-state index is 13.3. The van der Waals surface area contributed by atoms with E-state index in [4.69, 9.17) is 10.5 Å². The van der Waals surface area contributed by atoms with Gasteiger partial charge < -0.3 is 15.6 Å². The zero-order valence-electron chi connectivity index (χ0n) is 25.1. The number of allylic oxidation sites excluding steroid dienone is 1. The van der Waals surface area contributed by atoms with Crippen LogP contribution in [0.1, 0.15) is 113 Å². The summed E-state index contributed by atoms with van der Waals surface area (Å²) in [6.07, 6.45) is 12.6. The van der Waals surface area contributed by atoms with Crippen molar-refractivity contribution in [3.05, 3.63) is 11.6 Å². The molecule has 0 spiro atoms. The Hall–Kier alpha value is -1.20. The van der Waals surface area contributed by atoms with E-state index in [0.29, 0.717) is 24.3 Å². The molecule has 5 aliphatic carbocycles. The summed E-state index contributed by atoms with van der Waals surface area (Å²) in [6.45, 7) is 16.2. The van der Waals surface area contributed by atoms with E-state index in [0.717, 1.165) is 44.9 Å². The molecule has 0 aliphatic heterocycles. The van der Waals surface area contributed by atoms with Crippen molar-refractivity contribution in [2.45, 2.75) is 125 Å². The standard InChI is InChI=1S/C33H53NO4/c1-20(2)38-28(37)27(36)23-12-15-30(5)24(29(23,3)4)13-16-32(7)25(30)11-10-21-22-9-8-14-33(22,26(35)19-34)18-17-31(21,32)6/h9,20-21,23-26,35H,8,10-19,34H2,1-7H3/t21-,23-,24-,25-,26-,30-,31-,32-,33-/m1/s1. The van der Waals surface area contributed by atoms with E-state index in [-0.39, 0.29) is 44.9 Å². The van der Waals surface area contributed by atoms with Crippen LogP contribution in [0.5, 0.6) is 0 Å². The average molecular weight is 528 g/mol. The third-order valence-electron chi connectivity index (χ3n) is 13.6. The highest BCUT2D eigenvalue weighted by Crippen LogP contribution is 2.76. The van der Waals surface area contributed by atoms with E-state index < -0.39 is 12.1 Å². The minimum Gasteiger partial charge on any atom is -0.457 e. The highest BCUT2D eigenvalue weighted by atomic mass is 16.5. The fourth-order valence-corrected chi connectivity index (χ4v) is 11.6. The maximum atomic E-state index is 13.3. The van der Waals surface area contributed by atoms with Crippen LogP contribution in [0.4, 0.5) is 0 Å². The van der Waals surface area contributed by atoms with Crippen molar-refractivity contribution in [1.29, 1.82) is 0 Å². The van der Waals surface area contributed by atoms with Gasteiger partial charge in [0.1, 0.15) is 0 Å². The van der Waals surface area contributed by atoms with Crippen LogP contribution < -0.4 is 5.73 Å². The Balaban J connectivity index is 1.45. The molecule has 5 aliphatic rings. The van der Waals surface area contributed by atoms with Crippen molar-refractivity contribution in [3.63, 3.8) is 0 Å². The van der Waals surface area contributed by atoms with Crippen molar-refractivity contribution in [2.24, 2.45) is 56.5 Å². The maximum Gasteiger partial charge on any atom is 0.375 e. The molecule has 4 fully saturated rings. The Morgan fingerprint density at radius 3 is 2.32 bits per heavy atom. The lowest BCUT2D eigenvalue weighted by molar-refractivity contribution is -0.223. The number of ether oxygens (including phenoxy) is 1. The fraction of sp³-hybridized carbons (Fsp3) is 0.879. The number of esters is 1. The van der Waals surface area contributed by atoms with E-state index in [1.54, 1.807) is 13.8 Å². The Morgan fingerprint density at radius 1 is 0.947 bits per heavy atom. The number of fused-ring (bicyclic) bond motifs is 7. The molecule has 5 nitrogen and oxygen atoms in total. The monoisotopic (exact) mass is 527 g/mol. The minimum atomic E-state index is -0.648. The lowest BCUT2D eigenvalue weighted by atomic mass is 9.32. The molecule has 214 valence electrons. The molecule has 0 amide bonds. The fourth-order valence-electron chi connectivity index (χ4n) is 11.6. The molecule has 5 heteroatoms. The number of rotatable bonds is 5. The van der Waals surface area contributed by atoms with Crippen LogP contribution in [-0.2, 0) is 14.3 Å². The first kappa shape index (κ1) is 28.3. The Labute approximate surface area is 230 Å². The zero-order chi connectivity index (χ0) is 27.9. The van der Waals surface area contributed by atoms with Crippen LogP contribution in [0.2, 0.25) is 0 Å². The van der Waals surface area contributed by atoms with E-state index in [2.05, 4.69) is 40.7 Å². The normalized spacial score (nSPS) is 46.2. The molecule has 5 rings (SSSR count). The van der Waals surface area contributed by atoms with Gasteiger partial charge in [-0.1, -0.05) is 46.3 Å². The van der Waals surface area contributed by atoms with Gasteiger partial charge in [0, 0.05) is 17.9 Å². The average Bonchev–Trinajstić information content (AvgIpc) is 3.28. The number of hydrogen-bond donors (Lipinski definition) is 2. The van der Waals surface area contributed by atoms with E-state index in [9.17, 15) is 14.7 Å². The first-order valence-corrected chi connectivity index (χ1v) is 15.5. The number of carbonyl (C=O) groups excluding carboxylic acids is 2. The summed E-state index contributed by atoms with van der Waals surface area (Å²) in [6, 6.07) is 0. The second kappa shape index (κ2) is 9.16. The number of nitrogens with two attached hydrogens (primary N) is 1. The quantitative estimate of drug-likeness (QED) is 0.252. The van der Waals surface area contributed by atoms with E-state index >= 15 is 0 Å². The first-order chi connectivity index (χ1) is 17.7. The summed E-state index contributed by atoms with van der Waals surface area (Å²) in [7, 11) is 0. The van der Waals surface area contributed by atoms with Gasteiger partial charge >= 0.3 is 5.97 Å². The Bertz CT molecular complexity index is 1020. The molecule has 0 aromatic carbocycles. The van der Waals surface area contributed by atoms with Crippen LogP contribution >= 0.6 is 0 Å². The number of carbonyl (C=O) groups is 2. The Kier molecular flexibility index (Phi) is 6.83. The molecule has 3 N–H and O–H groups in total. The smallest absolute Gasteiger partial charge is 0.375 e. The molecule has 0 aromatic rings. The number of hydrogen-bond acceptors (Lipinski definition) is 5. The topological polar surface area (TPSA) is 89.6 Å². The summed E-state index contributed by atoms with van der Waals surface area (Å²) in [4.78, 5) is 26.0. The molecular formula is C33H53NO4. The molecule has 0 aromatic heterocycles. The van der Waals surface area contributed by atoms with Crippen LogP contribution in [-0.4, -0.2) is 35.6 Å². The summed E-state index contributed by atoms with van der Waals surface area (Å²) in [5.41, 5.74) is 7.82. The third kappa shape index (κ3) is 3.62. The van der Waals surface area contributed by atoms with Crippen molar-refractivity contribution >= 4 is 11.8 Å². The largest absolute Gasteiger partial charge is 0.457 e. The van der Waals surface area contributed by atoms with Crippen LogP contribution in [0.15, 0.2) is 11.6 Å². The van der Waals surface area contributed by atoms with Crippen LogP contribution in [0.3, 0.4) is 0 Å². The first-order valence-electron chi connectivity index (χ1n) is 15.5. The Morgan fingerprint density at radius 2 is 1.66 bits per heavy atom. The van der Waals surface area contributed by atoms with Crippen molar-refractivity contribution in [2.75, 3.05) is 6.54 Å². The molecular weight excluding hydrogens is 474 g/mol. The van der Waals surface area contributed by atoms with E-state index in [1.165, 1.54) is 24.8 Å². The van der Waals surface area contributed by atoms with Crippen molar-refractivity contribution in [1.82, 2.24) is 0 Å².